The number of aryl methyl sites for hydroxylation is 1. The molecule has 1 aliphatic heterocycles. The van der Waals surface area contributed by atoms with Crippen LogP contribution in [0.2, 0.25) is 0 Å². The Morgan fingerprint density at radius 2 is 2.13 bits per heavy atom. The van der Waals surface area contributed by atoms with Crippen LogP contribution in [0.25, 0.3) is 16.7 Å². The Bertz CT molecular complexity index is 824. The number of aromatic nitrogens is 4. The fraction of sp³-hybridized carbons (Fsp3) is 0.438. The standard InChI is InChI=1S/C16H20N6O/c1-12-2-3-13-14(10-12)22-11-18-20-16(22)15(19-13)17-4-5-21-6-8-23-9-7-21/h2-3,10-11H,4-9H2,1H3,(H,17,19). The van der Waals surface area contributed by atoms with Gasteiger partial charge in [0.1, 0.15) is 6.33 Å². The smallest absolute Gasteiger partial charge is 0.203 e. The second-order valence-corrected chi connectivity index (χ2v) is 5.86. The summed E-state index contributed by atoms with van der Waals surface area (Å²) < 4.78 is 7.37. The molecule has 1 N–H and O–H groups in total. The van der Waals surface area contributed by atoms with Gasteiger partial charge >= 0.3 is 0 Å². The van der Waals surface area contributed by atoms with Crippen molar-refractivity contribution < 1.29 is 4.74 Å². The van der Waals surface area contributed by atoms with Crippen LogP contribution in [-0.2, 0) is 4.74 Å². The van der Waals surface area contributed by atoms with Crippen LogP contribution in [0.1, 0.15) is 5.56 Å². The number of ether oxygens (including phenoxy) is 1. The van der Waals surface area contributed by atoms with Gasteiger partial charge in [-0.05, 0) is 24.6 Å². The number of hydrogen-bond donors (Lipinski definition) is 1. The lowest BCUT2D eigenvalue weighted by atomic mass is 10.2. The molecule has 0 amide bonds. The Hall–Kier alpha value is -2.25. The van der Waals surface area contributed by atoms with E-state index in [1.807, 2.05) is 10.5 Å². The Morgan fingerprint density at radius 1 is 1.26 bits per heavy atom. The summed E-state index contributed by atoms with van der Waals surface area (Å²) in [5.41, 5.74) is 3.94. The van der Waals surface area contributed by atoms with Crippen LogP contribution in [0.3, 0.4) is 0 Å². The molecule has 1 aliphatic rings. The van der Waals surface area contributed by atoms with E-state index in [9.17, 15) is 0 Å². The zero-order chi connectivity index (χ0) is 15.6. The Kier molecular flexibility index (Phi) is 3.80. The van der Waals surface area contributed by atoms with Gasteiger partial charge in [-0.2, -0.15) is 0 Å². The van der Waals surface area contributed by atoms with Crippen LogP contribution < -0.4 is 5.32 Å². The summed E-state index contributed by atoms with van der Waals surface area (Å²) in [5.74, 6) is 0.784. The molecule has 7 heteroatoms. The summed E-state index contributed by atoms with van der Waals surface area (Å²) in [7, 11) is 0. The minimum absolute atomic E-state index is 0.769. The van der Waals surface area contributed by atoms with Crippen molar-refractivity contribution in [3.63, 3.8) is 0 Å². The van der Waals surface area contributed by atoms with Gasteiger partial charge in [0.15, 0.2) is 5.82 Å². The minimum atomic E-state index is 0.769. The summed E-state index contributed by atoms with van der Waals surface area (Å²) in [6.45, 7) is 7.50. The third kappa shape index (κ3) is 2.85. The summed E-state index contributed by atoms with van der Waals surface area (Å²) in [6, 6.07) is 6.22. The van der Waals surface area contributed by atoms with Crippen molar-refractivity contribution >= 4 is 22.5 Å². The van der Waals surface area contributed by atoms with Crippen LogP contribution in [0.15, 0.2) is 24.5 Å². The average molecular weight is 312 g/mol. The molecule has 3 aromatic rings. The lowest BCUT2D eigenvalue weighted by molar-refractivity contribution is 0.0398. The van der Waals surface area contributed by atoms with Gasteiger partial charge in [0.25, 0.3) is 0 Å². The first kappa shape index (κ1) is 14.3. The summed E-state index contributed by atoms with van der Waals surface area (Å²) in [5, 5.41) is 11.7. The van der Waals surface area contributed by atoms with Gasteiger partial charge < -0.3 is 10.1 Å². The number of hydrogen-bond acceptors (Lipinski definition) is 6. The summed E-state index contributed by atoms with van der Waals surface area (Å²) in [6.07, 6.45) is 1.74. The van der Waals surface area contributed by atoms with Gasteiger partial charge in [-0.15, -0.1) is 10.2 Å². The molecule has 0 atom stereocenters. The lowest BCUT2D eigenvalue weighted by Gasteiger charge is -2.26. The highest BCUT2D eigenvalue weighted by Crippen LogP contribution is 2.20. The average Bonchev–Trinajstić information content (AvgIpc) is 3.06. The highest BCUT2D eigenvalue weighted by atomic mass is 16.5. The topological polar surface area (TPSA) is 67.6 Å². The van der Waals surface area contributed by atoms with Crippen molar-refractivity contribution in [2.24, 2.45) is 0 Å². The second-order valence-electron chi connectivity index (χ2n) is 5.86. The van der Waals surface area contributed by atoms with Gasteiger partial charge in [0.2, 0.25) is 5.65 Å². The van der Waals surface area contributed by atoms with E-state index in [0.29, 0.717) is 0 Å². The van der Waals surface area contributed by atoms with Crippen molar-refractivity contribution in [1.82, 2.24) is 24.5 Å². The molecule has 0 aliphatic carbocycles. The minimum Gasteiger partial charge on any atom is -0.379 e. The first-order chi connectivity index (χ1) is 11.3. The number of anilines is 1. The highest BCUT2D eigenvalue weighted by molar-refractivity contribution is 5.83. The zero-order valence-corrected chi connectivity index (χ0v) is 13.2. The molecular formula is C16H20N6O. The molecular weight excluding hydrogens is 292 g/mol. The van der Waals surface area contributed by atoms with Crippen LogP contribution in [0.4, 0.5) is 5.82 Å². The van der Waals surface area contributed by atoms with E-state index in [2.05, 4.69) is 39.5 Å². The molecule has 1 saturated heterocycles. The van der Waals surface area contributed by atoms with Crippen molar-refractivity contribution in [3.8, 4) is 0 Å². The highest BCUT2D eigenvalue weighted by Gasteiger charge is 2.12. The van der Waals surface area contributed by atoms with E-state index in [0.717, 1.165) is 61.9 Å². The van der Waals surface area contributed by atoms with Crippen LogP contribution in [-0.4, -0.2) is 63.9 Å². The maximum absolute atomic E-state index is 5.37. The van der Waals surface area contributed by atoms with Gasteiger partial charge in [-0.25, -0.2) is 4.98 Å². The number of morpholine rings is 1. The second kappa shape index (κ2) is 6.10. The van der Waals surface area contributed by atoms with E-state index in [-0.39, 0.29) is 0 Å². The number of nitrogens with one attached hydrogen (secondary N) is 1. The molecule has 7 nitrogen and oxygen atoms in total. The molecule has 23 heavy (non-hydrogen) atoms. The fourth-order valence-corrected chi connectivity index (χ4v) is 2.94. The molecule has 4 rings (SSSR count). The number of rotatable bonds is 4. The molecule has 1 aromatic carbocycles. The van der Waals surface area contributed by atoms with E-state index in [1.54, 1.807) is 6.33 Å². The van der Waals surface area contributed by atoms with E-state index >= 15 is 0 Å². The largest absolute Gasteiger partial charge is 0.379 e. The SMILES string of the molecule is Cc1ccc2nc(NCCN3CCOCC3)c3nncn3c2c1. The van der Waals surface area contributed by atoms with Crippen molar-refractivity contribution in [2.75, 3.05) is 44.7 Å². The van der Waals surface area contributed by atoms with Gasteiger partial charge in [0, 0.05) is 26.2 Å². The predicted octanol–water partition coefficient (Wildman–Crippen LogP) is 1.33. The molecule has 0 radical (unpaired) electrons. The molecule has 0 saturated carbocycles. The number of nitrogens with zero attached hydrogens (tertiary/aromatic N) is 5. The Labute approximate surface area is 134 Å². The van der Waals surface area contributed by atoms with E-state index < -0.39 is 0 Å². The number of fused-ring (bicyclic) bond motifs is 3. The van der Waals surface area contributed by atoms with Crippen molar-refractivity contribution in [1.29, 1.82) is 0 Å². The van der Waals surface area contributed by atoms with Gasteiger partial charge in [-0.3, -0.25) is 9.30 Å². The van der Waals surface area contributed by atoms with Crippen LogP contribution >= 0.6 is 0 Å². The van der Waals surface area contributed by atoms with Crippen LogP contribution in [0.5, 0.6) is 0 Å². The third-order valence-electron chi connectivity index (χ3n) is 4.21. The molecule has 3 heterocycles. The predicted molar refractivity (Wildman–Crippen MR) is 88.8 cm³/mol. The molecule has 0 unspecified atom stereocenters. The van der Waals surface area contributed by atoms with Crippen molar-refractivity contribution in [3.05, 3.63) is 30.1 Å². The summed E-state index contributed by atoms with van der Waals surface area (Å²) >= 11 is 0. The molecule has 0 bridgehead atoms. The molecule has 2 aromatic heterocycles. The molecule has 0 spiro atoms. The van der Waals surface area contributed by atoms with Crippen LogP contribution in [0, 0.1) is 6.92 Å². The quantitative estimate of drug-likeness (QED) is 0.784. The van der Waals surface area contributed by atoms with Gasteiger partial charge in [0.05, 0.1) is 24.2 Å². The van der Waals surface area contributed by atoms with E-state index in [1.165, 1.54) is 5.56 Å². The zero-order valence-electron chi connectivity index (χ0n) is 13.2. The lowest BCUT2D eigenvalue weighted by Crippen LogP contribution is -2.39. The Balaban J connectivity index is 1.58. The Morgan fingerprint density at radius 3 is 3.00 bits per heavy atom. The fourth-order valence-electron chi connectivity index (χ4n) is 2.94. The van der Waals surface area contributed by atoms with E-state index in [4.69, 9.17) is 9.72 Å². The normalized spacial score (nSPS) is 16.2. The molecule has 120 valence electrons. The monoisotopic (exact) mass is 312 g/mol. The maximum atomic E-state index is 5.37. The first-order valence-electron chi connectivity index (χ1n) is 7.95. The molecule has 1 fully saturated rings. The van der Waals surface area contributed by atoms with Gasteiger partial charge in [-0.1, -0.05) is 6.07 Å². The maximum Gasteiger partial charge on any atom is 0.203 e. The summed E-state index contributed by atoms with van der Waals surface area (Å²) in [4.78, 5) is 7.11. The number of benzene rings is 1. The van der Waals surface area contributed by atoms with Crippen molar-refractivity contribution in [2.45, 2.75) is 6.92 Å². The third-order valence-corrected chi connectivity index (χ3v) is 4.21. The first-order valence-corrected chi connectivity index (χ1v) is 7.95.